The second-order valence-electron chi connectivity index (χ2n) is 6.04. The van der Waals surface area contributed by atoms with Gasteiger partial charge in [0.2, 0.25) is 0 Å². The van der Waals surface area contributed by atoms with E-state index >= 15 is 0 Å². The average Bonchev–Trinajstić information content (AvgIpc) is 3.03. The number of nitrogens with zero attached hydrogens (tertiary/aromatic N) is 1. The van der Waals surface area contributed by atoms with Crippen molar-refractivity contribution in [2.24, 2.45) is 0 Å². The minimum atomic E-state index is -0.310. The molecule has 0 spiro atoms. The van der Waals surface area contributed by atoms with Crippen LogP contribution in [0, 0.1) is 0 Å². The standard InChI is InChI=1S/C19H22N2O4/c22-18(21-11-3-1-2-4-12-21)14-25-16-9-7-15(8-10-16)20-19(23)17-6-5-13-24-17/h5-10,13H,1-4,11-12,14H2,(H,20,23). The van der Waals surface area contributed by atoms with E-state index in [1.807, 2.05) is 4.90 Å². The molecule has 2 heterocycles. The lowest BCUT2D eigenvalue weighted by atomic mass is 10.2. The number of anilines is 1. The van der Waals surface area contributed by atoms with E-state index in [-0.39, 0.29) is 24.2 Å². The molecule has 0 unspecified atom stereocenters. The van der Waals surface area contributed by atoms with E-state index in [0.29, 0.717) is 11.4 Å². The van der Waals surface area contributed by atoms with Gasteiger partial charge in [-0.3, -0.25) is 9.59 Å². The minimum Gasteiger partial charge on any atom is -0.484 e. The maximum absolute atomic E-state index is 12.2. The number of carbonyl (C=O) groups is 2. The maximum atomic E-state index is 12.2. The molecule has 3 rings (SSSR count). The van der Waals surface area contributed by atoms with Gasteiger partial charge in [0.15, 0.2) is 12.4 Å². The third-order valence-corrected chi connectivity index (χ3v) is 4.18. The van der Waals surface area contributed by atoms with E-state index < -0.39 is 0 Å². The number of carbonyl (C=O) groups excluding carboxylic acids is 2. The van der Waals surface area contributed by atoms with Gasteiger partial charge in [-0.05, 0) is 49.2 Å². The number of rotatable bonds is 5. The van der Waals surface area contributed by atoms with Crippen molar-refractivity contribution >= 4 is 17.5 Å². The molecule has 132 valence electrons. The smallest absolute Gasteiger partial charge is 0.291 e. The molecule has 0 atom stereocenters. The lowest BCUT2D eigenvalue weighted by Gasteiger charge is -2.20. The Morgan fingerprint density at radius 1 is 1.04 bits per heavy atom. The monoisotopic (exact) mass is 342 g/mol. The number of furan rings is 1. The highest BCUT2D eigenvalue weighted by Crippen LogP contribution is 2.17. The highest BCUT2D eigenvalue weighted by Gasteiger charge is 2.16. The van der Waals surface area contributed by atoms with Crippen LogP contribution in [0.4, 0.5) is 5.69 Å². The number of hydrogen-bond donors (Lipinski definition) is 1. The van der Waals surface area contributed by atoms with Crippen LogP contribution in [0.2, 0.25) is 0 Å². The Labute approximate surface area is 146 Å². The molecule has 1 aromatic carbocycles. The van der Waals surface area contributed by atoms with Gasteiger partial charge in [-0.15, -0.1) is 0 Å². The fourth-order valence-electron chi connectivity index (χ4n) is 2.79. The van der Waals surface area contributed by atoms with Crippen molar-refractivity contribution < 1.29 is 18.7 Å². The Balaban J connectivity index is 1.48. The predicted octanol–water partition coefficient (Wildman–Crippen LogP) is 3.31. The van der Waals surface area contributed by atoms with Crippen LogP contribution in [0.25, 0.3) is 0 Å². The fraction of sp³-hybridized carbons (Fsp3) is 0.368. The van der Waals surface area contributed by atoms with Crippen LogP contribution in [0.3, 0.4) is 0 Å². The Kier molecular flexibility index (Phi) is 5.72. The first-order valence-corrected chi connectivity index (χ1v) is 8.58. The molecule has 1 N–H and O–H groups in total. The van der Waals surface area contributed by atoms with Crippen molar-refractivity contribution in [1.82, 2.24) is 4.90 Å². The van der Waals surface area contributed by atoms with Gasteiger partial charge in [0.25, 0.3) is 11.8 Å². The Hall–Kier alpha value is -2.76. The van der Waals surface area contributed by atoms with Crippen molar-refractivity contribution in [1.29, 1.82) is 0 Å². The SMILES string of the molecule is O=C(Nc1ccc(OCC(=O)N2CCCCCC2)cc1)c1ccco1. The Morgan fingerprint density at radius 3 is 2.40 bits per heavy atom. The van der Waals surface area contributed by atoms with Gasteiger partial charge < -0.3 is 19.4 Å². The lowest BCUT2D eigenvalue weighted by molar-refractivity contribution is -0.133. The highest BCUT2D eigenvalue weighted by molar-refractivity contribution is 6.02. The van der Waals surface area contributed by atoms with Crippen molar-refractivity contribution in [3.63, 3.8) is 0 Å². The van der Waals surface area contributed by atoms with E-state index in [1.54, 1.807) is 36.4 Å². The van der Waals surface area contributed by atoms with E-state index in [9.17, 15) is 9.59 Å². The zero-order valence-corrected chi connectivity index (χ0v) is 14.1. The first kappa shape index (κ1) is 17.1. The molecule has 1 aromatic heterocycles. The number of nitrogens with one attached hydrogen (secondary N) is 1. The van der Waals surface area contributed by atoms with E-state index in [2.05, 4.69) is 5.32 Å². The molecule has 2 aromatic rings. The fourth-order valence-corrected chi connectivity index (χ4v) is 2.79. The third kappa shape index (κ3) is 4.86. The minimum absolute atomic E-state index is 0.0251. The average molecular weight is 342 g/mol. The van der Waals surface area contributed by atoms with Gasteiger partial charge in [0.1, 0.15) is 5.75 Å². The Morgan fingerprint density at radius 2 is 1.76 bits per heavy atom. The molecule has 1 saturated heterocycles. The van der Waals surface area contributed by atoms with E-state index in [4.69, 9.17) is 9.15 Å². The summed E-state index contributed by atoms with van der Waals surface area (Å²) < 4.78 is 10.6. The summed E-state index contributed by atoms with van der Waals surface area (Å²) in [5, 5.41) is 2.73. The number of amides is 2. The van der Waals surface area contributed by atoms with E-state index in [1.165, 1.54) is 19.1 Å². The third-order valence-electron chi connectivity index (χ3n) is 4.18. The van der Waals surface area contributed by atoms with Crippen LogP contribution in [0.5, 0.6) is 5.75 Å². The molecule has 2 amide bonds. The maximum Gasteiger partial charge on any atom is 0.291 e. The summed E-state index contributed by atoms with van der Waals surface area (Å²) in [5.74, 6) is 0.564. The summed E-state index contributed by atoms with van der Waals surface area (Å²) in [5.41, 5.74) is 0.632. The van der Waals surface area contributed by atoms with Crippen molar-refractivity contribution in [3.8, 4) is 5.75 Å². The van der Waals surface area contributed by atoms with Crippen LogP contribution in [-0.4, -0.2) is 36.4 Å². The predicted molar refractivity (Wildman–Crippen MR) is 93.6 cm³/mol. The van der Waals surface area contributed by atoms with Crippen molar-refractivity contribution in [2.45, 2.75) is 25.7 Å². The Bertz CT molecular complexity index is 687. The van der Waals surface area contributed by atoms with Gasteiger partial charge in [0, 0.05) is 18.8 Å². The molecule has 0 radical (unpaired) electrons. The second kappa shape index (κ2) is 8.37. The summed E-state index contributed by atoms with van der Waals surface area (Å²) >= 11 is 0. The van der Waals surface area contributed by atoms with Gasteiger partial charge >= 0.3 is 0 Å². The molecule has 1 aliphatic rings. The lowest BCUT2D eigenvalue weighted by Crippen LogP contribution is -2.35. The number of benzene rings is 1. The van der Waals surface area contributed by atoms with Crippen LogP contribution in [-0.2, 0) is 4.79 Å². The van der Waals surface area contributed by atoms with Gasteiger partial charge in [-0.25, -0.2) is 0 Å². The highest BCUT2D eigenvalue weighted by atomic mass is 16.5. The van der Waals surface area contributed by atoms with Crippen LogP contribution >= 0.6 is 0 Å². The molecular weight excluding hydrogens is 320 g/mol. The topological polar surface area (TPSA) is 71.8 Å². The molecule has 0 saturated carbocycles. The second-order valence-corrected chi connectivity index (χ2v) is 6.04. The zero-order chi connectivity index (χ0) is 17.5. The first-order chi connectivity index (χ1) is 12.2. The molecule has 1 fully saturated rings. The molecule has 1 aliphatic heterocycles. The number of likely N-dealkylation sites (tertiary alicyclic amines) is 1. The summed E-state index contributed by atoms with van der Waals surface area (Å²) in [6.45, 7) is 1.68. The number of ether oxygens (including phenoxy) is 1. The first-order valence-electron chi connectivity index (χ1n) is 8.58. The molecule has 25 heavy (non-hydrogen) atoms. The molecule has 6 heteroatoms. The van der Waals surface area contributed by atoms with Crippen LogP contribution < -0.4 is 10.1 Å². The van der Waals surface area contributed by atoms with Gasteiger partial charge in [0.05, 0.1) is 6.26 Å². The van der Waals surface area contributed by atoms with E-state index in [0.717, 1.165) is 25.9 Å². The summed E-state index contributed by atoms with van der Waals surface area (Å²) in [7, 11) is 0. The molecular formula is C19H22N2O4. The molecule has 0 bridgehead atoms. The molecule has 0 aliphatic carbocycles. The summed E-state index contributed by atoms with van der Waals surface area (Å²) in [4.78, 5) is 26.0. The van der Waals surface area contributed by atoms with Crippen LogP contribution in [0.15, 0.2) is 47.1 Å². The number of hydrogen-bond acceptors (Lipinski definition) is 4. The summed E-state index contributed by atoms with van der Waals surface area (Å²) in [6, 6.07) is 10.2. The zero-order valence-electron chi connectivity index (χ0n) is 14.1. The largest absolute Gasteiger partial charge is 0.484 e. The summed E-state index contributed by atoms with van der Waals surface area (Å²) in [6.07, 6.45) is 5.96. The normalized spacial score (nSPS) is 14.6. The quantitative estimate of drug-likeness (QED) is 0.905. The molecule has 6 nitrogen and oxygen atoms in total. The van der Waals surface area contributed by atoms with Gasteiger partial charge in [-0.1, -0.05) is 12.8 Å². The van der Waals surface area contributed by atoms with Crippen LogP contribution in [0.1, 0.15) is 36.2 Å². The van der Waals surface area contributed by atoms with Crippen molar-refractivity contribution in [3.05, 3.63) is 48.4 Å². The van der Waals surface area contributed by atoms with Crippen molar-refractivity contribution in [2.75, 3.05) is 25.0 Å². The van der Waals surface area contributed by atoms with Gasteiger partial charge in [-0.2, -0.15) is 0 Å².